The van der Waals surface area contributed by atoms with Gasteiger partial charge in [0.1, 0.15) is 12.2 Å². The molecule has 5 aromatic rings. The van der Waals surface area contributed by atoms with E-state index in [9.17, 15) is 14.4 Å². The van der Waals surface area contributed by atoms with Gasteiger partial charge in [-0.05, 0) is 72.0 Å². The summed E-state index contributed by atoms with van der Waals surface area (Å²) < 4.78 is 12.6. The first-order valence-corrected chi connectivity index (χ1v) is 14.7. The van der Waals surface area contributed by atoms with Crippen LogP contribution in [-0.2, 0) is 16.2 Å². The van der Waals surface area contributed by atoms with Gasteiger partial charge in [-0.25, -0.2) is 14.6 Å². The molecule has 8 heteroatoms. The van der Waals surface area contributed by atoms with E-state index in [4.69, 9.17) is 9.47 Å². The highest BCUT2D eigenvalue weighted by atomic mass is 79.9. The number of ether oxygens (including phenoxy) is 2. The second kappa shape index (κ2) is 12.2. The number of anilines is 2. The van der Waals surface area contributed by atoms with Crippen molar-refractivity contribution in [1.29, 1.82) is 0 Å². The van der Waals surface area contributed by atoms with Crippen LogP contribution in [0.2, 0.25) is 0 Å². The van der Waals surface area contributed by atoms with E-state index in [0.29, 0.717) is 40.4 Å². The molecule has 6 rings (SSSR count). The lowest BCUT2D eigenvalue weighted by atomic mass is 10.0. The molecule has 1 heterocycles. The number of methoxy groups -OCH3 is 1. The summed E-state index contributed by atoms with van der Waals surface area (Å²) in [5.74, 6) is -0.485. The number of rotatable bonds is 7. The number of benzene rings is 5. The van der Waals surface area contributed by atoms with Gasteiger partial charge in [0.15, 0.2) is 11.5 Å². The van der Waals surface area contributed by atoms with Crippen LogP contribution in [0.4, 0.5) is 16.2 Å². The van der Waals surface area contributed by atoms with Crippen LogP contribution in [0, 0.1) is 6.92 Å². The van der Waals surface area contributed by atoms with Crippen molar-refractivity contribution in [2.75, 3.05) is 16.9 Å². The fourth-order valence-corrected chi connectivity index (χ4v) is 5.33. The van der Waals surface area contributed by atoms with Gasteiger partial charge in [-0.3, -0.25) is 9.59 Å². The molecule has 0 aliphatic carbocycles. The zero-order chi connectivity index (χ0) is 30.8. The SMILES string of the molecule is COc1cc(/C=C2\C(=O)N(c3ccc(C)cc3)C(=O)N(c3cccc4ccccc34)C2=O)ccc1OCc1ccc(Br)cc1. The first kappa shape index (κ1) is 28.9. The molecule has 5 aromatic carbocycles. The molecule has 0 bridgehead atoms. The van der Waals surface area contributed by atoms with Gasteiger partial charge in [0.2, 0.25) is 0 Å². The standard InChI is InChI=1S/C36H27BrN2O5/c1-23-10-17-28(18-11-23)38-34(40)30(35(41)39(36(38)42)31-9-5-7-26-6-3-4-8-29(26)31)20-25-14-19-32(33(21-25)43-2)44-22-24-12-15-27(37)16-13-24/h3-21H,22H2,1-2H3/b30-20+. The van der Waals surface area contributed by atoms with Crippen molar-refractivity contribution in [3.63, 3.8) is 0 Å². The first-order chi connectivity index (χ1) is 21.3. The van der Waals surface area contributed by atoms with Gasteiger partial charge in [-0.15, -0.1) is 0 Å². The molecule has 1 fully saturated rings. The minimum Gasteiger partial charge on any atom is -0.493 e. The lowest BCUT2D eigenvalue weighted by Gasteiger charge is -2.34. The highest BCUT2D eigenvalue weighted by molar-refractivity contribution is 9.10. The van der Waals surface area contributed by atoms with E-state index < -0.39 is 17.8 Å². The maximum Gasteiger partial charge on any atom is 0.343 e. The molecule has 0 atom stereocenters. The fraction of sp³-hybridized carbons (Fsp3) is 0.0833. The first-order valence-electron chi connectivity index (χ1n) is 13.9. The van der Waals surface area contributed by atoms with Crippen molar-refractivity contribution in [1.82, 2.24) is 0 Å². The summed E-state index contributed by atoms with van der Waals surface area (Å²) in [4.78, 5) is 44.1. The summed E-state index contributed by atoms with van der Waals surface area (Å²) in [5, 5.41) is 1.57. The van der Waals surface area contributed by atoms with Crippen LogP contribution in [0.5, 0.6) is 11.5 Å². The van der Waals surface area contributed by atoms with Crippen LogP contribution in [0.1, 0.15) is 16.7 Å². The molecule has 1 aliphatic rings. The monoisotopic (exact) mass is 646 g/mol. The molecule has 0 aromatic heterocycles. The number of amides is 4. The minimum absolute atomic E-state index is 0.163. The highest BCUT2D eigenvalue weighted by Gasteiger charge is 2.44. The Morgan fingerprint density at radius 1 is 0.750 bits per heavy atom. The van der Waals surface area contributed by atoms with Gasteiger partial charge in [-0.1, -0.05) is 88.2 Å². The Hall–Kier alpha value is -5.21. The Morgan fingerprint density at radius 2 is 1.45 bits per heavy atom. The van der Waals surface area contributed by atoms with E-state index in [1.807, 2.05) is 73.7 Å². The van der Waals surface area contributed by atoms with E-state index in [2.05, 4.69) is 15.9 Å². The zero-order valence-electron chi connectivity index (χ0n) is 24.0. The number of fused-ring (bicyclic) bond motifs is 1. The van der Waals surface area contributed by atoms with Crippen LogP contribution >= 0.6 is 15.9 Å². The van der Waals surface area contributed by atoms with Crippen LogP contribution in [0.25, 0.3) is 16.8 Å². The van der Waals surface area contributed by atoms with Crippen molar-refractivity contribution < 1.29 is 23.9 Å². The van der Waals surface area contributed by atoms with E-state index >= 15 is 0 Å². The third-order valence-electron chi connectivity index (χ3n) is 7.36. The van der Waals surface area contributed by atoms with E-state index in [0.717, 1.165) is 30.8 Å². The third kappa shape index (κ3) is 5.59. The molecule has 0 saturated carbocycles. The van der Waals surface area contributed by atoms with Crippen molar-refractivity contribution >= 4 is 62.0 Å². The molecular weight excluding hydrogens is 620 g/mol. The number of hydrogen-bond acceptors (Lipinski definition) is 5. The zero-order valence-corrected chi connectivity index (χ0v) is 25.6. The molecule has 1 saturated heterocycles. The maximum absolute atomic E-state index is 14.1. The lowest BCUT2D eigenvalue weighted by molar-refractivity contribution is -0.121. The molecule has 4 amide bonds. The summed E-state index contributed by atoms with van der Waals surface area (Å²) in [7, 11) is 1.52. The predicted octanol–water partition coefficient (Wildman–Crippen LogP) is 8.08. The van der Waals surface area contributed by atoms with Crippen LogP contribution in [0.3, 0.4) is 0 Å². The molecule has 44 heavy (non-hydrogen) atoms. The second-order valence-corrected chi connectivity index (χ2v) is 11.2. The number of urea groups is 1. The number of carbonyl (C=O) groups excluding carboxylic acids is 3. The van der Waals surface area contributed by atoms with Crippen molar-refractivity contribution in [3.05, 3.63) is 136 Å². The topological polar surface area (TPSA) is 76.2 Å². The number of imide groups is 2. The van der Waals surface area contributed by atoms with Gasteiger partial charge < -0.3 is 9.47 Å². The maximum atomic E-state index is 14.1. The van der Waals surface area contributed by atoms with Gasteiger partial charge in [0.05, 0.1) is 18.5 Å². The van der Waals surface area contributed by atoms with Crippen LogP contribution < -0.4 is 19.3 Å². The number of carbonyl (C=O) groups is 3. The molecule has 0 N–H and O–H groups in total. The quantitative estimate of drug-likeness (QED) is 0.132. The van der Waals surface area contributed by atoms with Crippen molar-refractivity contribution in [2.45, 2.75) is 13.5 Å². The Kier molecular flexibility index (Phi) is 8.00. The number of nitrogens with zero attached hydrogens (tertiary/aromatic N) is 2. The number of aryl methyl sites for hydroxylation is 1. The molecule has 0 radical (unpaired) electrons. The summed E-state index contributed by atoms with van der Waals surface area (Å²) in [5.41, 5.74) is 3.08. The lowest BCUT2D eigenvalue weighted by Crippen LogP contribution is -2.57. The number of barbiturate groups is 1. The van der Waals surface area contributed by atoms with Crippen LogP contribution in [-0.4, -0.2) is 25.0 Å². The molecule has 1 aliphatic heterocycles. The smallest absolute Gasteiger partial charge is 0.343 e. The van der Waals surface area contributed by atoms with E-state index in [1.54, 1.807) is 42.5 Å². The summed E-state index contributed by atoms with van der Waals surface area (Å²) in [6, 6.07) is 32.1. The molecule has 0 unspecified atom stereocenters. The number of hydrogen-bond donors (Lipinski definition) is 0. The Morgan fingerprint density at radius 3 is 2.20 bits per heavy atom. The third-order valence-corrected chi connectivity index (χ3v) is 7.88. The van der Waals surface area contributed by atoms with Gasteiger partial charge >= 0.3 is 6.03 Å². The van der Waals surface area contributed by atoms with Gasteiger partial charge in [0, 0.05) is 9.86 Å². The van der Waals surface area contributed by atoms with Crippen molar-refractivity contribution in [3.8, 4) is 11.5 Å². The van der Waals surface area contributed by atoms with Gasteiger partial charge in [-0.2, -0.15) is 0 Å². The molecule has 0 spiro atoms. The summed E-state index contributed by atoms with van der Waals surface area (Å²) in [6.07, 6.45) is 1.48. The Labute approximate surface area is 263 Å². The normalized spacial score (nSPS) is 14.4. The molecular formula is C36H27BrN2O5. The van der Waals surface area contributed by atoms with Crippen LogP contribution in [0.15, 0.2) is 119 Å². The number of halogens is 1. The summed E-state index contributed by atoms with van der Waals surface area (Å²) in [6.45, 7) is 2.25. The second-order valence-electron chi connectivity index (χ2n) is 10.3. The predicted molar refractivity (Wildman–Crippen MR) is 175 cm³/mol. The average molecular weight is 648 g/mol. The molecule has 7 nitrogen and oxygen atoms in total. The Bertz CT molecular complexity index is 1930. The summed E-state index contributed by atoms with van der Waals surface area (Å²) >= 11 is 3.43. The molecule has 218 valence electrons. The largest absolute Gasteiger partial charge is 0.493 e. The van der Waals surface area contributed by atoms with Crippen molar-refractivity contribution in [2.24, 2.45) is 0 Å². The van der Waals surface area contributed by atoms with E-state index in [-0.39, 0.29) is 5.57 Å². The average Bonchev–Trinajstić information content (AvgIpc) is 3.04. The highest BCUT2D eigenvalue weighted by Crippen LogP contribution is 2.35. The van der Waals surface area contributed by atoms with E-state index in [1.165, 1.54) is 13.2 Å². The van der Waals surface area contributed by atoms with Gasteiger partial charge in [0.25, 0.3) is 11.8 Å². The Balaban J connectivity index is 1.41. The fourth-order valence-electron chi connectivity index (χ4n) is 5.07. The minimum atomic E-state index is -0.744.